The number of hydrogen-bond donors (Lipinski definition) is 1. The molecule has 0 saturated carbocycles. The summed E-state index contributed by atoms with van der Waals surface area (Å²) in [5.74, 6) is 0.536. The highest BCUT2D eigenvalue weighted by Gasteiger charge is 2.21. The fourth-order valence-electron chi connectivity index (χ4n) is 3.87. The third-order valence-corrected chi connectivity index (χ3v) is 5.50. The van der Waals surface area contributed by atoms with E-state index in [1.807, 2.05) is 0 Å². The van der Waals surface area contributed by atoms with Gasteiger partial charge in [0, 0.05) is 25.2 Å². The van der Waals surface area contributed by atoms with E-state index in [0.29, 0.717) is 18.4 Å². The van der Waals surface area contributed by atoms with Gasteiger partial charge < -0.3 is 15.2 Å². The van der Waals surface area contributed by atoms with Crippen molar-refractivity contribution in [1.29, 1.82) is 0 Å². The summed E-state index contributed by atoms with van der Waals surface area (Å²) in [5, 5.41) is 0. The smallest absolute Gasteiger partial charge is 0.318 e. The third-order valence-electron chi connectivity index (χ3n) is 5.50. The number of nitrogen functional groups attached to an aromatic ring is 1. The number of allylic oxidation sites excluding steroid dienone is 2. The molecule has 1 fully saturated rings. The first-order valence-corrected chi connectivity index (χ1v) is 10.6. The molecular formula is C23H30N4O2. The van der Waals surface area contributed by atoms with Crippen LogP contribution in [0.3, 0.4) is 0 Å². The molecule has 1 aromatic heterocycles. The first kappa shape index (κ1) is 19.9. The van der Waals surface area contributed by atoms with Crippen LogP contribution < -0.4 is 10.5 Å². The molecule has 2 aromatic rings. The second-order valence-electron chi connectivity index (χ2n) is 7.74. The maximum atomic E-state index is 6.18. The Labute approximate surface area is 172 Å². The standard InChI is InChI=1S/C23H30N4O2/c1-2-3-11-29-23-25-21-19(7-8-20(21)22(24)26-23)15-17-5-4-6-18(14-17)16-27-9-12-28-13-10-27/h4-7,14H,2-3,8-13,15-16H2,1H3,(H2,24,25,26). The molecule has 0 bridgehead atoms. The number of unbranched alkanes of at least 4 members (excludes halogenated alkanes) is 1. The van der Waals surface area contributed by atoms with Crippen LogP contribution in [-0.2, 0) is 24.1 Å². The number of morpholine rings is 1. The van der Waals surface area contributed by atoms with E-state index >= 15 is 0 Å². The molecule has 0 amide bonds. The van der Waals surface area contributed by atoms with Gasteiger partial charge in [0.15, 0.2) is 0 Å². The Balaban J connectivity index is 1.46. The van der Waals surface area contributed by atoms with Crippen LogP contribution in [0.4, 0.5) is 5.82 Å². The fourth-order valence-corrected chi connectivity index (χ4v) is 3.87. The molecule has 1 aliphatic carbocycles. The molecule has 0 radical (unpaired) electrons. The number of fused-ring (bicyclic) bond motifs is 1. The molecule has 29 heavy (non-hydrogen) atoms. The average molecular weight is 395 g/mol. The number of aromatic nitrogens is 2. The van der Waals surface area contributed by atoms with Crippen LogP contribution in [-0.4, -0.2) is 47.8 Å². The van der Waals surface area contributed by atoms with Crippen molar-refractivity contribution in [2.24, 2.45) is 0 Å². The summed E-state index contributed by atoms with van der Waals surface area (Å²) in [5.41, 5.74) is 12.0. The van der Waals surface area contributed by atoms with Gasteiger partial charge in [0.25, 0.3) is 0 Å². The van der Waals surface area contributed by atoms with Crippen LogP contribution in [0.2, 0.25) is 0 Å². The Hall–Kier alpha value is -2.44. The molecule has 1 aromatic carbocycles. The van der Waals surface area contributed by atoms with E-state index in [-0.39, 0.29) is 0 Å². The average Bonchev–Trinajstić information content (AvgIpc) is 3.12. The predicted molar refractivity (Wildman–Crippen MR) is 115 cm³/mol. The van der Waals surface area contributed by atoms with E-state index in [9.17, 15) is 0 Å². The second kappa shape index (κ2) is 9.37. The molecule has 2 N–H and O–H groups in total. The summed E-state index contributed by atoms with van der Waals surface area (Å²) in [7, 11) is 0. The summed E-state index contributed by atoms with van der Waals surface area (Å²) in [6.45, 7) is 7.38. The molecule has 6 nitrogen and oxygen atoms in total. The zero-order chi connectivity index (χ0) is 20.1. The van der Waals surface area contributed by atoms with Crippen molar-refractivity contribution in [3.8, 4) is 6.01 Å². The molecule has 6 heteroatoms. The minimum atomic E-state index is 0.392. The highest BCUT2D eigenvalue weighted by molar-refractivity contribution is 5.75. The van der Waals surface area contributed by atoms with Gasteiger partial charge in [-0.1, -0.05) is 43.7 Å². The third kappa shape index (κ3) is 4.95. The number of anilines is 1. The Morgan fingerprint density at radius 1 is 1.17 bits per heavy atom. The molecule has 4 rings (SSSR count). The van der Waals surface area contributed by atoms with Crippen molar-refractivity contribution in [2.45, 2.75) is 39.2 Å². The van der Waals surface area contributed by atoms with E-state index in [0.717, 1.165) is 69.8 Å². The number of rotatable bonds is 8. The van der Waals surface area contributed by atoms with E-state index in [4.69, 9.17) is 15.2 Å². The largest absolute Gasteiger partial charge is 0.463 e. The normalized spacial score (nSPS) is 16.5. The van der Waals surface area contributed by atoms with Crippen LogP contribution in [0.5, 0.6) is 6.01 Å². The van der Waals surface area contributed by atoms with Gasteiger partial charge in [0.05, 0.1) is 25.5 Å². The highest BCUT2D eigenvalue weighted by atomic mass is 16.5. The number of nitrogens with zero attached hydrogens (tertiary/aromatic N) is 3. The molecule has 154 valence electrons. The van der Waals surface area contributed by atoms with Gasteiger partial charge >= 0.3 is 6.01 Å². The van der Waals surface area contributed by atoms with E-state index in [1.54, 1.807) is 0 Å². The minimum absolute atomic E-state index is 0.392. The van der Waals surface area contributed by atoms with Crippen LogP contribution in [0.1, 0.15) is 42.1 Å². The summed E-state index contributed by atoms with van der Waals surface area (Å²) >= 11 is 0. The Morgan fingerprint density at radius 2 is 2.00 bits per heavy atom. The van der Waals surface area contributed by atoms with Gasteiger partial charge in [-0.05, 0) is 36.0 Å². The Morgan fingerprint density at radius 3 is 2.83 bits per heavy atom. The van der Waals surface area contributed by atoms with Crippen LogP contribution in [0, 0.1) is 0 Å². The molecule has 0 spiro atoms. The molecule has 1 aliphatic heterocycles. The summed E-state index contributed by atoms with van der Waals surface area (Å²) < 4.78 is 11.2. The minimum Gasteiger partial charge on any atom is -0.463 e. The summed E-state index contributed by atoms with van der Waals surface area (Å²) in [4.78, 5) is 11.5. The van der Waals surface area contributed by atoms with Crippen LogP contribution in [0.25, 0.3) is 5.57 Å². The van der Waals surface area contributed by atoms with E-state index in [1.165, 1.54) is 16.7 Å². The van der Waals surface area contributed by atoms with Gasteiger partial charge in [-0.3, -0.25) is 4.90 Å². The highest BCUT2D eigenvalue weighted by Crippen LogP contribution is 2.32. The summed E-state index contributed by atoms with van der Waals surface area (Å²) in [6.07, 6.45) is 5.92. The van der Waals surface area contributed by atoms with Crippen molar-refractivity contribution in [2.75, 3.05) is 38.6 Å². The number of hydrogen-bond acceptors (Lipinski definition) is 6. The Bertz CT molecular complexity index is 875. The Kier molecular flexibility index (Phi) is 6.42. The van der Waals surface area contributed by atoms with Gasteiger partial charge in [0.1, 0.15) is 5.82 Å². The molecule has 2 heterocycles. The van der Waals surface area contributed by atoms with Crippen molar-refractivity contribution >= 4 is 11.4 Å². The molecular weight excluding hydrogens is 364 g/mol. The van der Waals surface area contributed by atoms with Crippen molar-refractivity contribution in [1.82, 2.24) is 14.9 Å². The predicted octanol–water partition coefficient (Wildman–Crippen LogP) is 3.25. The SMILES string of the molecule is CCCCOc1nc(N)c2c(n1)C(Cc1cccc(CN3CCOCC3)c1)=CC2. The lowest BCUT2D eigenvalue weighted by Crippen LogP contribution is -2.35. The first-order valence-electron chi connectivity index (χ1n) is 10.6. The lowest BCUT2D eigenvalue weighted by Gasteiger charge is -2.26. The van der Waals surface area contributed by atoms with Crippen LogP contribution in [0.15, 0.2) is 30.3 Å². The van der Waals surface area contributed by atoms with E-state index in [2.05, 4.69) is 52.1 Å². The van der Waals surface area contributed by atoms with Crippen molar-refractivity contribution in [3.63, 3.8) is 0 Å². The zero-order valence-corrected chi connectivity index (χ0v) is 17.2. The van der Waals surface area contributed by atoms with Gasteiger partial charge in [-0.15, -0.1) is 0 Å². The maximum Gasteiger partial charge on any atom is 0.318 e. The first-order chi connectivity index (χ1) is 14.2. The number of nitrogens with two attached hydrogens (primary N) is 1. The van der Waals surface area contributed by atoms with Crippen LogP contribution >= 0.6 is 0 Å². The second-order valence-corrected chi connectivity index (χ2v) is 7.74. The molecule has 1 saturated heterocycles. The number of ether oxygens (including phenoxy) is 2. The topological polar surface area (TPSA) is 73.5 Å². The van der Waals surface area contributed by atoms with Gasteiger partial charge in [-0.25, -0.2) is 0 Å². The molecule has 2 aliphatic rings. The molecule has 0 unspecified atom stereocenters. The molecule has 0 atom stereocenters. The quantitative estimate of drug-likeness (QED) is 0.693. The zero-order valence-electron chi connectivity index (χ0n) is 17.2. The van der Waals surface area contributed by atoms with Gasteiger partial charge in [-0.2, -0.15) is 9.97 Å². The lowest BCUT2D eigenvalue weighted by atomic mass is 10.0. The van der Waals surface area contributed by atoms with Gasteiger partial charge in [0.2, 0.25) is 0 Å². The monoisotopic (exact) mass is 394 g/mol. The van der Waals surface area contributed by atoms with Crippen molar-refractivity contribution < 1.29 is 9.47 Å². The van der Waals surface area contributed by atoms with E-state index < -0.39 is 0 Å². The lowest BCUT2D eigenvalue weighted by molar-refractivity contribution is 0.0342. The maximum absolute atomic E-state index is 6.18. The number of benzene rings is 1. The van der Waals surface area contributed by atoms with Crippen molar-refractivity contribution in [3.05, 3.63) is 52.7 Å². The summed E-state index contributed by atoms with van der Waals surface area (Å²) in [6, 6.07) is 9.23. The fraction of sp³-hybridized carbons (Fsp3) is 0.478.